The van der Waals surface area contributed by atoms with Crippen LogP contribution < -0.4 is 10.5 Å². The topological polar surface area (TPSA) is 126 Å². The third-order valence-corrected chi connectivity index (χ3v) is 3.35. The molecule has 0 fully saturated rings. The van der Waals surface area contributed by atoms with Gasteiger partial charge in [0.1, 0.15) is 5.75 Å². The second-order valence-corrected chi connectivity index (χ2v) is 5.71. The minimum absolute atomic E-state index is 0.113. The molecule has 0 bridgehead atoms. The smallest absolute Gasteiger partial charge is 0.328 e. The van der Waals surface area contributed by atoms with Crippen LogP contribution in [-0.4, -0.2) is 39.8 Å². The summed E-state index contributed by atoms with van der Waals surface area (Å²) in [5.41, 5.74) is 7.75. The molecule has 0 radical (unpaired) electrons. The Morgan fingerprint density at radius 2 is 1.88 bits per heavy atom. The number of carboxylic acid groups (broad SMARTS) is 2. The van der Waals surface area contributed by atoms with Crippen LogP contribution in [0.3, 0.4) is 0 Å². The van der Waals surface area contributed by atoms with Gasteiger partial charge in [-0.1, -0.05) is 11.6 Å². The highest BCUT2D eigenvalue weighted by molar-refractivity contribution is 6.37. The van der Waals surface area contributed by atoms with Crippen LogP contribution in [0, 0.1) is 0 Å². The molecule has 2 rings (SSSR count). The lowest BCUT2D eigenvalue weighted by atomic mass is 10.1. The normalized spacial score (nSPS) is 10.8. The Morgan fingerprint density at radius 3 is 2.36 bits per heavy atom. The van der Waals surface area contributed by atoms with E-state index >= 15 is 0 Å². The van der Waals surface area contributed by atoms with Crippen LogP contribution in [0.15, 0.2) is 30.5 Å². The van der Waals surface area contributed by atoms with Crippen LogP contribution >= 0.6 is 11.6 Å². The fraction of sp³-hybridized carbons (Fsp3) is 0.294. The van der Waals surface area contributed by atoms with Crippen LogP contribution in [0.25, 0.3) is 10.9 Å². The van der Waals surface area contributed by atoms with E-state index in [-0.39, 0.29) is 6.10 Å². The molecule has 0 aliphatic rings. The van der Waals surface area contributed by atoms with Gasteiger partial charge >= 0.3 is 11.9 Å². The molecule has 1 aromatic carbocycles. The number of nitrogens with one attached hydrogen (secondary N) is 1. The van der Waals surface area contributed by atoms with Gasteiger partial charge in [-0.05, 0) is 44.5 Å². The molecule has 0 atom stereocenters. The number of hydrogen-bond acceptors (Lipinski definition) is 4. The molecule has 8 heteroatoms. The standard InChI is InChI=1S/C13H17ClN2O.C4H4O4/c1-8(2)17-11-4-3-10-12(13(11)14)9(5-6-15)7-16-10;5-3(6)1-2-4(7)8/h3-4,7-8,16H,5-6,15H2,1-2H3;1-2H,(H,5,6)(H,7,8)/b;2-1+. The van der Waals surface area contributed by atoms with Gasteiger partial charge in [-0.15, -0.1) is 0 Å². The van der Waals surface area contributed by atoms with Gasteiger partial charge in [0, 0.05) is 29.3 Å². The number of ether oxygens (including phenoxy) is 1. The zero-order chi connectivity index (χ0) is 19.0. The molecule has 0 unspecified atom stereocenters. The van der Waals surface area contributed by atoms with Crippen molar-refractivity contribution in [3.8, 4) is 5.75 Å². The maximum atomic E-state index is 9.55. The predicted molar refractivity (Wildman–Crippen MR) is 96.2 cm³/mol. The van der Waals surface area contributed by atoms with E-state index in [1.54, 1.807) is 0 Å². The molecule has 0 saturated heterocycles. The van der Waals surface area contributed by atoms with E-state index in [1.165, 1.54) is 0 Å². The van der Waals surface area contributed by atoms with Gasteiger partial charge < -0.3 is 25.7 Å². The lowest BCUT2D eigenvalue weighted by Gasteiger charge is -2.12. The molecule has 1 aromatic heterocycles. The molecule has 25 heavy (non-hydrogen) atoms. The van der Waals surface area contributed by atoms with E-state index in [2.05, 4.69) is 4.98 Å². The number of nitrogens with two attached hydrogens (primary N) is 1. The Morgan fingerprint density at radius 1 is 1.28 bits per heavy atom. The molecule has 2 aromatic rings. The van der Waals surface area contributed by atoms with Crippen molar-refractivity contribution in [3.63, 3.8) is 0 Å². The Bertz CT molecular complexity index is 752. The van der Waals surface area contributed by atoms with E-state index in [0.29, 0.717) is 23.7 Å². The molecule has 0 saturated carbocycles. The number of halogens is 1. The number of H-pyrrole nitrogens is 1. The number of fused-ring (bicyclic) bond motifs is 1. The molecule has 5 N–H and O–H groups in total. The number of aromatic amines is 1. The first kappa shape index (κ1) is 20.5. The first-order chi connectivity index (χ1) is 11.8. The van der Waals surface area contributed by atoms with Crippen molar-refractivity contribution in [2.45, 2.75) is 26.4 Å². The lowest BCUT2D eigenvalue weighted by Crippen LogP contribution is -2.06. The Balaban J connectivity index is 0.000000333. The Labute approximate surface area is 150 Å². The zero-order valence-electron chi connectivity index (χ0n) is 14.0. The highest BCUT2D eigenvalue weighted by Gasteiger charge is 2.12. The number of carboxylic acids is 2. The minimum atomic E-state index is -1.26. The average molecular weight is 369 g/mol. The van der Waals surface area contributed by atoms with Gasteiger partial charge in [0.05, 0.1) is 11.1 Å². The fourth-order valence-corrected chi connectivity index (χ4v) is 2.40. The van der Waals surface area contributed by atoms with Crippen molar-refractivity contribution >= 4 is 34.4 Å². The summed E-state index contributed by atoms with van der Waals surface area (Å²) in [5, 5.41) is 17.3. The molecule has 0 amide bonds. The SMILES string of the molecule is CC(C)Oc1ccc2[nH]cc(CCN)c2c1Cl.O=C(O)/C=C/C(=O)O. The predicted octanol–water partition coefficient (Wildman–Crippen LogP) is 2.82. The second kappa shape index (κ2) is 9.71. The van der Waals surface area contributed by atoms with Crippen molar-refractivity contribution < 1.29 is 24.5 Å². The van der Waals surface area contributed by atoms with Crippen LogP contribution in [0.4, 0.5) is 0 Å². The number of benzene rings is 1. The van der Waals surface area contributed by atoms with Gasteiger partial charge in [0.15, 0.2) is 0 Å². The summed E-state index contributed by atoms with van der Waals surface area (Å²) < 4.78 is 5.68. The van der Waals surface area contributed by atoms with Gasteiger partial charge in [-0.3, -0.25) is 0 Å². The van der Waals surface area contributed by atoms with Crippen molar-refractivity contribution in [3.05, 3.63) is 41.1 Å². The largest absolute Gasteiger partial charge is 0.489 e. The molecule has 136 valence electrons. The number of hydrogen-bond donors (Lipinski definition) is 4. The minimum Gasteiger partial charge on any atom is -0.489 e. The summed E-state index contributed by atoms with van der Waals surface area (Å²) in [6, 6.07) is 3.88. The van der Waals surface area contributed by atoms with Crippen LogP contribution in [0.2, 0.25) is 5.02 Å². The molecular weight excluding hydrogens is 348 g/mol. The summed E-state index contributed by atoms with van der Waals surface area (Å²) in [6.07, 6.45) is 4.00. The van der Waals surface area contributed by atoms with Crippen LogP contribution in [0.5, 0.6) is 5.75 Å². The number of rotatable bonds is 6. The molecule has 0 aliphatic carbocycles. The molecule has 7 nitrogen and oxygen atoms in total. The van der Waals surface area contributed by atoms with Crippen molar-refractivity contribution in [2.75, 3.05) is 6.54 Å². The van der Waals surface area contributed by atoms with Gasteiger partial charge in [0.2, 0.25) is 0 Å². The highest BCUT2D eigenvalue weighted by atomic mass is 35.5. The van der Waals surface area contributed by atoms with E-state index in [4.69, 9.17) is 32.3 Å². The van der Waals surface area contributed by atoms with Gasteiger partial charge in [-0.2, -0.15) is 0 Å². The van der Waals surface area contributed by atoms with E-state index in [9.17, 15) is 9.59 Å². The summed E-state index contributed by atoms with van der Waals surface area (Å²) >= 11 is 6.38. The van der Waals surface area contributed by atoms with Crippen molar-refractivity contribution in [2.24, 2.45) is 5.73 Å². The fourth-order valence-electron chi connectivity index (χ4n) is 2.07. The van der Waals surface area contributed by atoms with Gasteiger partial charge in [-0.25, -0.2) is 9.59 Å². The second-order valence-electron chi connectivity index (χ2n) is 5.33. The molecule has 0 aliphatic heterocycles. The third-order valence-electron chi connectivity index (χ3n) is 2.97. The van der Waals surface area contributed by atoms with Crippen molar-refractivity contribution in [1.82, 2.24) is 4.98 Å². The first-order valence-electron chi connectivity index (χ1n) is 7.55. The van der Waals surface area contributed by atoms with Crippen LogP contribution in [-0.2, 0) is 16.0 Å². The maximum Gasteiger partial charge on any atom is 0.328 e. The van der Waals surface area contributed by atoms with Crippen molar-refractivity contribution in [1.29, 1.82) is 0 Å². The number of carbonyl (C=O) groups is 2. The quantitative estimate of drug-likeness (QED) is 0.581. The maximum absolute atomic E-state index is 9.55. The molecular formula is C17H21ClN2O5. The zero-order valence-corrected chi connectivity index (χ0v) is 14.7. The summed E-state index contributed by atoms with van der Waals surface area (Å²) in [7, 11) is 0. The number of aliphatic carboxylic acids is 2. The summed E-state index contributed by atoms with van der Waals surface area (Å²) in [5.74, 6) is -1.79. The first-order valence-corrected chi connectivity index (χ1v) is 7.93. The summed E-state index contributed by atoms with van der Waals surface area (Å²) in [4.78, 5) is 22.3. The number of aromatic nitrogens is 1. The monoisotopic (exact) mass is 368 g/mol. The third kappa shape index (κ3) is 6.48. The summed E-state index contributed by atoms with van der Waals surface area (Å²) in [6.45, 7) is 4.58. The van der Waals surface area contributed by atoms with E-state index < -0.39 is 11.9 Å². The van der Waals surface area contributed by atoms with Crippen LogP contribution in [0.1, 0.15) is 19.4 Å². The average Bonchev–Trinajstić information content (AvgIpc) is 2.92. The Kier molecular flexibility index (Phi) is 7.97. The molecule has 1 heterocycles. The van der Waals surface area contributed by atoms with Gasteiger partial charge in [0.25, 0.3) is 0 Å². The lowest BCUT2D eigenvalue weighted by molar-refractivity contribution is -0.134. The van der Waals surface area contributed by atoms with E-state index in [0.717, 1.165) is 28.6 Å². The molecule has 0 spiro atoms. The Hall–Kier alpha value is -2.51. The van der Waals surface area contributed by atoms with E-state index in [1.807, 2.05) is 32.2 Å². The highest BCUT2D eigenvalue weighted by Crippen LogP contribution is 2.35.